The third kappa shape index (κ3) is 5.18. The number of carbonyl (C=O) groups is 1. The molecule has 2 aromatic carbocycles. The molecule has 1 aliphatic heterocycles. The van der Waals surface area contributed by atoms with Gasteiger partial charge >= 0.3 is 0 Å². The van der Waals surface area contributed by atoms with Crippen molar-refractivity contribution in [1.82, 2.24) is 9.29 Å². The number of sulfonamides is 1. The largest absolute Gasteiger partial charge is 0.467 e. The van der Waals surface area contributed by atoms with Crippen LogP contribution in [0.2, 0.25) is 5.02 Å². The van der Waals surface area contributed by atoms with Gasteiger partial charge in [0.05, 0.1) is 27.9 Å². The van der Waals surface area contributed by atoms with Gasteiger partial charge in [0.15, 0.2) is 5.13 Å². The van der Waals surface area contributed by atoms with Gasteiger partial charge in [-0.15, -0.1) is 0 Å². The third-order valence-corrected chi connectivity index (χ3v) is 9.98. The van der Waals surface area contributed by atoms with Crippen molar-refractivity contribution >= 4 is 54.2 Å². The number of anilines is 1. The van der Waals surface area contributed by atoms with E-state index < -0.39 is 10.0 Å². The summed E-state index contributed by atoms with van der Waals surface area (Å²) in [7, 11) is -3.64. The molecule has 5 rings (SSSR count). The summed E-state index contributed by atoms with van der Waals surface area (Å²) in [6.07, 6.45) is 2.57. The Kier molecular flexibility index (Phi) is 7.15. The first-order valence-corrected chi connectivity index (χ1v) is 14.8. The number of carbonyl (C=O) groups excluding carboxylic acids is 1. The first-order chi connectivity index (χ1) is 17.6. The minimum Gasteiger partial charge on any atom is -0.467 e. The quantitative estimate of drug-likeness (QED) is 0.275. The zero-order valence-electron chi connectivity index (χ0n) is 20.8. The Morgan fingerprint density at radius 1 is 1.14 bits per heavy atom. The van der Waals surface area contributed by atoms with Crippen molar-refractivity contribution in [1.29, 1.82) is 0 Å². The minimum absolute atomic E-state index is 0.183. The van der Waals surface area contributed by atoms with E-state index in [9.17, 15) is 13.2 Å². The van der Waals surface area contributed by atoms with Crippen molar-refractivity contribution in [2.75, 3.05) is 18.0 Å². The van der Waals surface area contributed by atoms with Crippen LogP contribution in [0.4, 0.5) is 5.13 Å². The fraction of sp³-hybridized carbons (Fsp3) is 0.333. The van der Waals surface area contributed by atoms with Crippen LogP contribution < -0.4 is 4.90 Å². The molecule has 0 radical (unpaired) electrons. The van der Waals surface area contributed by atoms with Gasteiger partial charge < -0.3 is 4.42 Å². The number of benzene rings is 2. The van der Waals surface area contributed by atoms with Crippen LogP contribution >= 0.6 is 22.9 Å². The van der Waals surface area contributed by atoms with Crippen LogP contribution in [0.3, 0.4) is 0 Å². The van der Waals surface area contributed by atoms with Gasteiger partial charge in [0.2, 0.25) is 10.0 Å². The van der Waals surface area contributed by atoms with E-state index in [1.807, 2.05) is 19.1 Å². The van der Waals surface area contributed by atoms with E-state index in [1.54, 1.807) is 39.7 Å². The molecule has 2 unspecified atom stereocenters. The van der Waals surface area contributed by atoms with Gasteiger partial charge in [-0.05, 0) is 79.3 Å². The highest BCUT2D eigenvalue weighted by Gasteiger charge is 2.32. The molecule has 2 aromatic heterocycles. The molecule has 194 valence electrons. The molecule has 1 saturated heterocycles. The maximum Gasteiger partial charge on any atom is 0.260 e. The van der Waals surface area contributed by atoms with E-state index in [4.69, 9.17) is 21.0 Å². The monoisotopic (exact) mass is 557 g/mol. The second-order valence-electron chi connectivity index (χ2n) is 9.78. The SMILES string of the molecule is Cc1c(Cl)ccc2sc(N(Cc3ccco3)C(=O)c3ccc(S(=O)(=O)N4CC(C)CC(C)C4)cc3)nc12. The van der Waals surface area contributed by atoms with E-state index in [0.29, 0.717) is 46.4 Å². The van der Waals surface area contributed by atoms with Crippen molar-refractivity contribution < 1.29 is 17.6 Å². The number of fused-ring (bicyclic) bond motifs is 1. The molecule has 0 N–H and O–H groups in total. The van der Waals surface area contributed by atoms with Crippen LogP contribution in [0.25, 0.3) is 10.2 Å². The lowest BCUT2D eigenvalue weighted by atomic mass is 9.94. The van der Waals surface area contributed by atoms with Gasteiger partial charge in [-0.25, -0.2) is 13.4 Å². The predicted molar refractivity (Wildman–Crippen MR) is 147 cm³/mol. The number of piperidine rings is 1. The van der Waals surface area contributed by atoms with E-state index in [-0.39, 0.29) is 17.3 Å². The summed E-state index contributed by atoms with van der Waals surface area (Å²) in [4.78, 5) is 20.2. The molecular weight excluding hydrogens is 530 g/mol. The fourth-order valence-corrected chi connectivity index (χ4v) is 7.72. The zero-order chi connectivity index (χ0) is 26.3. The molecule has 37 heavy (non-hydrogen) atoms. The van der Waals surface area contributed by atoms with Gasteiger partial charge in [0, 0.05) is 23.7 Å². The van der Waals surface area contributed by atoms with Crippen molar-refractivity contribution in [3.63, 3.8) is 0 Å². The summed E-state index contributed by atoms with van der Waals surface area (Å²) in [5.74, 6) is 0.919. The summed E-state index contributed by atoms with van der Waals surface area (Å²) in [5, 5.41) is 1.12. The molecule has 1 fully saturated rings. The Morgan fingerprint density at radius 2 is 1.84 bits per heavy atom. The lowest BCUT2D eigenvalue weighted by molar-refractivity contribution is 0.0983. The second kappa shape index (κ2) is 10.2. The summed E-state index contributed by atoms with van der Waals surface area (Å²) < 4.78 is 34.6. The topological polar surface area (TPSA) is 83.7 Å². The standard InChI is InChI=1S/C27H28ClN3O4S2/c1-17-13-18(2)15-30(14-17)37(33,34)22-8-6-20(7-9-22)26(32)31(16-21-5-4-12-35-21)27-29-25-19(3)23(28)10-11-24(25)36-27/h4-12,17-18H,13-16H2,1-3H3. The lowest BCUT2D eigenvalue weighted by Crippen LogP contribution is -2.42. The van der Waals surface area contributed by atoms with Gasteiger partial charge in [-0.3, -0.25) is 9.69 Å². The number of rotatable bonds is 6. The van der Waals surface area contributed by atoms with Crippen molar-refractivity contribution in [2.45, 2.75) is 38.6 Å². The Hall–Kier alpha value is -2.72. The molecule has 1 amide bonds. The van der Waals surface area contributed by atoms with Gasteiger partial charge in [0.1, 0.15) is 5.76 Å². The number of aryl methyl sites for hydroxylation is 1. The molecule has 3 heterocycles. The highest BCUT2D eigenvalue weighted by molar-refractivity contribution is 7.89. The number of amides is 1. The number of furan rings is 1. The number of aromatic nitrogens is 1. The van der Waals surface area contributed by atoms with Crippen LogP contribution in [0.15, 0.2) is 64.1 Å². The molecular formula is C27H28ClN3O4S2. The lowest BCUT2D eigenvalue weighted by Gasteiger charge is -2.34. The maximum absolute atomic E-state index is 13.7. The number of hydrogen-bond donors (Lipinski definition) is 0. The Morgan fingerprint density at radius 3 is 2.49 bits per heavy atom. The molecule has 7 nitrogen and oxygen atoms in total. The summed E-state index contributed by atoms with van der Waals surface area (Å²) >= 11 is 7.68. The summed E-state index contributed by atoms with van der Waals surface area (Å²) in [6.45, 7) is 7.24. The van der Waals surface area contributed by atoms with Crippen LogP contribution in [-0.2, 0) is 16.6 Å². The fourth-order valence-electron chi connectivity index (χ4n) is 4.87. The van der Waals surface area contributed by atoms with Crippen LogP contribution in [-0.4, -0.2) is 36.7 Å². The number of thiazole rings is 1. The van der Waals surface area contributed by atoms with Crippen LogP contribution in [0.5, 0.6) is 0 Å². The first-order valence-electron chi connectivity index (χ1n) is 12.1. The Balaban J connectivity index is 1.46. The molecule has 10 heteroatoms. The van der Waals surface area contributed by atoms with Gasteiger partial charge in [-0.1, -0.05) is 36.8 Å². The second-order valence-corrected chi connectivity index (χ2v) is 13.1. The highest BCUT2D eigenvalue weighted by atomic mass is 35.5. The molecule has 0 saturated carbocycles. The Labute approximate surface area is 225 Å². The summed E-state index contributed by atoms with van der Waals surface area (Å²) in [5.41, 5.74) is 1.96. The van der Waals surface area contributed by atoms with Gasteiger partial charge in [-0.2, -0.15) is 4.31 Å². The van der Waals surface area contributed by atoms with Crippen LogP contribution in [0.1, 0.15) is 41.9 Å². The normalized spacial score (nSPS) is 18.8. The van der Waals surface area contributed by atoms with Crippen molar-refractivity contribution in [2.24, 2.45) is 11.8 Å². The van der Waals surface area contributed by atoms with Crippen molar-refractivity contribution in [3.8, 4) is 0 Å². The molecule has 0 bridgehead atoms. The molecule has 1 aliphatic rings. The highest BCUT2D eigenvalue weighted by Crippen LogP contribution is 2.35. The number of halogens is 1. The summed E-state index contributed by atoms with van der Waals surface area (Å²) in [6, 6.07) is 13.4. The van der Waals surface area contributed by atoms with Gasteiger partial charge in [0.25, 0.3) is 5.91 Å². The van der Waals surface area contributed by atoms with E-state index >= 15 is 0 Å². The van der Waals surface area contributed by atoms with E-state index in [2.05, 4.69) is 13.8 Å². The minimum atomic E-state index is -3.64. The average Bonchev–Trinajstić information content (AvgIpc) is 3.54. The average molecular weight is 558 g/mol. The van der Waals surface area contributed by atoms with E-state index in [1.165, 1.54) is 23.5 Å². The predicted octanol–water partition coefficient (Wildman–Crippen LogP) is 6.36. The Bertz CT molecular complexity index is 1520. The molecule has 2 atom stereocenters. The number of nitrogens with zero attached hydrogens (tertiary/aromatic N) is 3. The molecule has 0 aliphatic carbocycles. The smallest absolute Gasteiger partial charge is 0.260 e. The molecule has 4 aromatic rings. The number of hydrogen-bond acceptors (Lipinski definition) is 6. The maximum atomic E-state index is 13.7. The third-order valence-electron chi connectivity index (χ3n) is 6.68. The molecule has 0 spiro atoms. The van der Waals surface area contributed by atoms with E-state index in [0.717, 1.165) is 22.2 Å². The van der Waals surface area contributed by atoms with Crippen molar-refractivity contribution in [3.05, 3.63) is 76.7 Å². The first kappa shape index (κ1) is 25.9. The zero-order valence-corrected chi connectivity index (χ0v) is 23.2. The van der Waals surface area contributed by atoms with Crippen LogP contribution in [0, 0.1) is 18.8 Å².